The number of benzene rings is 2. The van der Waals surface area contributed by atoms with Crippen LogP contribution in [-0.2, 0) is 6.42 Å². The number of aromatic hydroxyl groups is 1. The van der Waals surface area contributed by atoms with Gasteiger partial charge >= 0.3 is 0 Å². The Morgan fingerprint density at radius 3 is 2.52 bits per heavy atom. The van der Waals surface area contributed by atoms with Crippen molar-refractivity contribution in [3.8, 4) is 11.5 Å². The summed E-state index contributed by atoms with van der Waals surface area (Å²) >= 11 is 0. The van der Waals surface area contributed by atoms with Crippen molar-refractivity contribution in [2.75, 3.05) is 6.61 Å². The highest BCUT2D eigenvalue weighted by Gasteiger charge is 2.29. The molecule has 0 fully saturated rings. The molecule has 27 heavy (non-hydrogen) atoms. The van der Waals surface area contributed by atoms with Crippen LogP contribution in [0.2, 0.25) is 0 Å². The zero-order chi connectivity index (χ0) is 19.4. The van der Waals surface area contributed by atoms with Gasteiger partial charge in [0.1, 0.15) is 6.17 Å². The minimum atomic E-state index is -0.00356. The fourth-order valence-electron chi connectivity index (χ4n) is 3.48. The van der Waals surface area contributed by atoms with Crippen LogP contribution < -0.4 is 10.1 Å². The Labute approximate surface area is 162 Å². The molecule has 2 aromatic carbocycles. The number of rotatable bonds is 6. The van der Waals surface area contributed by atoms with Gasteiger partial charge in [-0.05, 0) is 36.5 Å². The van der Waals surface area contributed by atoms with Gasteiger partial charge in [0.05, 0.1) is 6.61 Å². The van der Waals surface area contributed by atoms with Crippen LogP contribution in [-0.4, -0.2) is 23.6 Å². The molecule has 0 bridgehead atoms. The van der Waals surface area contributed by atoms with Crippen molar-refractivity contribution < 1.29 is 9.84 Å². The van der Waals surface area contributed by atoms with Crippen molar-refractivity contribution in [1.82, 2.24) is 5.32 Å². The summed E-state index contributed by atoms with van der Waals surface area (Å²) in [6.45, 7) is 8.94. The molecule has 0 saturated carbocycles. The maximum absolute atomic E-state index is 10.7. The first-order chi connectivity index (χ1) is 13.0. The zero-order valence-corrected chi connectivity index (χ0v) is 16.7. The highest BCUT2D eigenvalue weighted by atomic mass is 16.5. The first-order valence-electron chi connectivity index (χ1n) is 9.90. The van der Waals surface area contributed by atoms with E-state index in [0.29, 0.717) is 18.3 Å². The van der Waals surface area contributed by atoms with E-state index < -0.39 is 0 Å². The Balaban J connectivity index is 1.94. The Kier molecular flexibility index (Phi) is 6.17. The molecule has 0 saturated heterocycles. The Bertz CT molecular complexity index is 797. The minimum absolute atomic E-state index is 0.00356. The first-order valence-corrected chi connectivity index (χ1v) is 9.90. The number of hydrogen-bond acceptors (Lipinski definition) is 4. The van der Waals surface area contributed by atoms with Crippen LogP contribution in [0.3, 0.4) is 0 Å². The molecule has 0 spiro atoms. The summed E-state index contributed by atoms with van der Waals surface area (Å²) in [5.41, 5.74) is 4.43. The predicted octanol–water partition coefficient (Wildman–Crippen LogP) is 4.86. The Hall–Kier alpha value is -2.33. The second-order valence-corrected chi connectivity index (χ2v) is 7.37. The summed E-state index contributed by atoms with van der Waals surface area (Å²) in [5.74, 6) is 1.12. The Morgan fingerprint density at radius 1 is 1.15 bits per heavy atom. The molecule has 0 unspecified atom stereocenters. The first kappa shape index (κ1) is 19.4. The third kappa shape index (κ3) is 4.33. The number of nitrogens with one attached hydrogen (secondary N) is 1. The van der Waals surface area contributed by atoms with Crippen molar-refractivity contribution in [3.05, 3.63) is 59.2 Å². The van der Waals surface area contributed by atoms with Crippen LogP contribution in [0.5, 0.6) is 11.5 Å². The topological polar surface area (TPSA) is 53.8 Å². The average molecular weight is 367 g/mol. The van der Waals surface area contributed by atoms with Gasteiger partial charge in [0.2, 0.25) is 0 Å². The average Bonchev–Trinajstić information content (AvgIpc) is 2.69. The monoisotopic (exact) mass is 366 g/mol. The van der Waals surface area contributed by atoms with Gasteiger partial charge in [-0.1, -0.05) is 57.2 Å². The molecular formula is C23H30N2O2. The number of nitrogens with zero attached hydrogens (tertiary/aromatic N) is 1. The van der Waals surface area contributed by atoms with Gasteiger partial charge in [-0.3, -0.25) is 10.3 Å². The standard InChI is InChI=1S/C23H30N2O2/c1-5-16-10-12-17(13-11-16)19-14-20(25-23(24-19)15(3)4)18-8-7-9-21(22(18)26)27-6-2/h7-13,15,20,23,25-26H,5-6,14H2,1-4H3/t20-,23+/m0/s1. The van der Waals surface area contributed by atoms with E-state index in [2.05, 4.69) is 50.4 Å². The van der Waals surface area contributed by atoms with Crippen molar-refractivity contribution in [2.45, 2.75) is 52.7 Å². The number of aliphatic imine (C=N–C) groups is 1. The van der Waals surface area contributed by atoms with Crippen molar-refractivity contribution in [3.63, 3.8) is 0 Å². The number of ether oxygens (including phenoxy) is 1. The normalized spacial score (nSPS) is 19.8. The van der Waals surface area contributed by atoms with E-state index in [-0.39, 0.29) is 18.0 Å². The van der Waals surface area contributed by atoms with E-state index in [0.717, 1.165) is 29.7 Å². The molecule has 2 N–H and O–H groups in total. The summed E-state index contributed by atoms with van der Waals surface area (Å²) in [4.78, 5) is 4.96. The van der Waals surface area contributed by atoms with Crippen molar-refractivity contribution in [2.24, 2.45) is 10.9 Å². The molecule has 1 heterocycles. The highest BCUT2D eigenvalue weighted by molar-refractivity contribution is 6.01. The van der Waals surface area contributed by atoms with Crippen molar-refractivity contribution >= 4 is 5.71 Å². The van der Waals surface area contributed by atoms with Gasteiger partial charge < -0.3 is 9.84 Å². The molecular weight excluding hydrogens is 336 g/mol. The molecule has 144 valence electrons. The van der Waals surface area contributed by atoms with E-state index >= 15 is 0 Å². The molecule has 2 aromatic rings. The largest absolute Gasteiger partial charge is 0.504 e. The highest BCUT2D eigenvalue weighted by Crippen LogP contribution is 2.37. The molecule has 0 radical (unpaired) electrons. The number of phenolic OH excluding ortho intramolecular Hbond substituents is 1. The number of aryl methyl sites for hydroxylation is 1. The molecule has 4 nitrogen and oxygen atoms in total. The molecule has 0 aliphatic carbocycles. The zero-order valence-electron chi connectivity index (χ0n) is 16.7. The maximum Gasteiger partial charge on any atom is 0.162 e. The van der Waals surface area contributed by atoms with E-state index in [1.807, 2.05) is 25.1 Å². The van der Waals surface area contributed by atoms with E-state index in [9.17, 15) is 5.11 Å². The lowest BCUT2D eigenvalue weighted by molar-refractivity contribution is 0.309. The lowest BCUT2D eigenvalue weighted by Gasteiger charge is -2.32. The van der Waals surface area contributed by atoms with Gasteiger partial charge in [0.15, 0.2) is 11.5 Å². The van der Waals surface area contributed by atoms with Crippen LogP contribution in [0.25, 0.3) is 0 Å². The number of para-hydroxylation sites is 1. The number of phenols is 1. The predicted molar refractivity (Wildman–Crippen MR) is 111 cm³/mol. The maximum atomic E-state index is 10.7. The number of hydrogen-bond donors (Lipinski definition) is 2. The lowest BCUT2D eigenvalue weighted by atomic mass is 9.92. The van der Waals surface area contributed by atoms with Crippen LogP contribution in [0.4, 0.5) is 0 Å². The molecule has 3 rings (SSSR count). The third-order valence-corrected chi connectivity index (χ3v) is 5.10. The minimum Gasteiger partial charge on any atom is -0.504 e. The van der Waals surface area contributed by atoms with E-state index in [4.69, 9.17) is 9.73 Å². The van der Waals surface area contributed by atoms with Crippen LogP contribution in [0.15, 0.2) is 47.5 Å². The fraction of sp³-hybridized carbons (Fsp3) is 0.435. The molecule has 1 aliphatic heterocycles. The van der Waals surface area contributed by atoms with Gasteiger partial charge in [0, 0.05) is 23.7 Å². The quantitative estimate of drug-likeness (QED) is 0.768. The smallest absolute Gasteiger partial charge is 0.162 e. The molecule has 2 atom stereocenters. The van der Waals surface area contributed by atoms with Gasteiger partial charge in [-0.15, -0.1) is 0 Å². The van der Waals surface area contributed by atoms with E-state index in [1.54, 1.807) is 0 Å². The van der Waals surface area contributed by atoms with Gasteiger partial charge in [-0.2, -0.15) is 0 Å². The lowest BCUT2D eigenvalue weighted by Crippen LogP contribution is -2.41. The molecule has 1 aliphatic rings. The second kappa shape index (κ2) is 8.57. The molecule has 0 amide bonds. The second-order valence-electron chi connectivity index (χ2n) is 7.37. The summed E-state index contributed by atoms with van der Waals surface area (Å²) in [6, 6.07) is 14.4. The summed E-state index contributed by atoms with van der Waals surface area (Å²) < 4.78 is 5.57. The van der Waals surface area contributed by atoms with Crippen LogP contribution in [0, 0.1) is 5.92 Å². The van der Waals surface area contributed by atoms with Crippen LogP contribution in [0.1, 0.15) is 56.8 Å². The van der Waals surface area contributed by atoms with Crippen molar-refractivity contribution in [1.29, 1.82) is 0 Å². The fourth-order valence-corrected chi connectivity index (χ4v) is 3.48. The molecule has 4 heteroatoms. The summed E-state index contributed by atoms with van der Waals surface area (Å²) in [5, 5.41) is 14.3. The third-order valence-electron chi connectivity index (χ3n) is 5.10. The van der Waals surface area contributed by atoms with E-state index in [1.165, 1.54) is 5.56 Å². The summed E-state index contributed by atoms with van der Waals surface area (Å²) in [7, 11) is 0. The SMILES string of the molecule is CCOc1cccc([C@@H]2CC(c3ccc(CC)cc3)=N[C@@H](C(C)C)N2)c1O. The van der Waals surface area contributed by atoms with Gasteiger partial charge in [0.25, 0.3) is 0 Å². The van der Waals surface area contributed by atoms with Gasteiger partial charge in [-0.25, -0.2) is 0 Å². The van der Waals surface area contributed by atoms with Crippen LogP contribution >= 0.6 is 0 Å². The Morgan fingerprint density at radius 2 is 1.89 bits per heavy atom. The molecule has 0 aromatic heterocycles. The summed E-state index contributed by atoms with van der Waals surface area (Å²) in [6.07, 6.45) is 1.78.